The highest BCUT2D eigenvalue weighted by Crippen LogP contribution is 2.25. The molecule has 2 heterocycles. The van der Waals surface area contributed by atoms with Crippen LogP contribution < -0.4 is 5.73 Å². The average molecular weight is 260 g/mol. The van der Waals surface area contributed by atoms with Gasteiger partial charge in [0.25, 0.3) is 0 Å². The maximum absolute atomic E-state index is 9.09. The molecule has 0 spiro atoms. The molecular weight excluding hydrogens is 244 g/mol. The predicted molar refractivity (Wildman–Crippen MR) is 73.6 cm³/mol. The fraction of sp³-hybridized carbons (Fsp3) is 0.385. The van der Waals surface area contributed by atoms with Gasteiger partial charge in [-0.05, 0) is 25.8 Å². The Balaban J connectivity index is 2.38. The monoisotopic (exact) mass is 260 g/mol. The van der Waals surface area contributed by atoms with Crippen LogP contribution in [0.2, 0.25) is 0 Å². The summed E-state index contributed by atoms with van der Waals surface area (Å²) in [5.74, 6) is 0.542. The normalized spacial score (nSPS) is 10.6. The third kappa shape index (κ3) is 2.00. The maximum Gasteiger partial charge on any atom is 0.122 e. The highest BCUT2D eigenvalue weighted by atomic mass is 32.1. The number of thiazole rings is 1. The van der Waals surface area contributed by atoms with Crippen molar-refractivity contribution in [1.29, 1.82) is 5.26 Å². The molecule has 0 aliphatic heterocycles. The second-order valence-corrected chi connectivity index (χ2v) is 5.44. The zero-order valence-corrected chi connectivity index (χ0v) is 11.6. The number of anilines is 1. The van der Waals surface area contributed by atoms with E-state index in [1.807, 2.05) is 24.6 Å². The number of nitriles is 1. The third-order valence-corrected chi connectivity index (χ3v) is 4.35. The molecule has 0 fully saturated rings. The van der Waals surface area contributed by atoms with Crippen LogP contribution >= 0.6 is 11.3 Å². The van der Waals surface area contributed by atoms with Crippen LogP contribution in [0.15, 0.2) is 6.20 Å². The molecule has 0 atom stereocenters. The number of hydrogen-bond donors (Lipinski definition) is 1. The quantitative estimate of drug-likeness (QED) is 0.922. The molecule has 0 unspecified atom stereocenters. The fourth-order valence-corrected chi connectivity index (χ4v) is 2.81. The van der Waals surface area contributed by atoms with Gasteiger partial charge in [0.05, 0.1) is 12.1 Å². The second-order valence-electron chi connectivity index (χ2n) is 4.24. The summed E-state index contributed by atoms with van der Waals surface area (Å²) in [4.78, 5) is 5.66. The number of nitrogens with zero attached hydrogens (tertiary/aromatic N) is 3. The van der Waals surface area contributed by atoms with Crippen LogP contribution in [0.3, 0.4) is 0 Å². The Kier molecular flexibility index (Phi) is 3.39. The number of hydrogen-bond acceptors (Lipinski definition) is 4. The fourth-order valence-electron chi connectivity index (χ4n) is 1.96. The lowest BCUT2D eigenvalue weighted by atomic mass is 10.2. The van der Waals surface area contributed by atoms with Gasteiger partial charge in [0.15, 0.2) is 0 Å². The van der Waals surface area contributed by atoms with Gasteiger partial charge in [-0.1, -0.05) is 6.92 Å². The van der Waals surface area contributed by atoms with Crippen molar-refractivity contribution >= 4 is 17.2 Å². The van der Waals surface area contributed by atoms with E-state index >= 15 is 0 Å². The van der Waals surface area contributed by atoms with Crippen LogP contribution in [0, 0.1) is 25.2 Å². The molecule has 2 N–H and O–H groups in total. The molecule has 4 nitrogen and oxygen atoms in total. The first-order valence-electron chi connectivity index (χ1n) is 5.87. The van der Waals surface area contributed by atoms with Crippen molar-refractivity contribution in [2.24, 2.45) is 0 Å². The van der Waals surface area contributed by atoms with E-state index in [1.165, 1.54) is 4.88 Å². The molecule has 2 rings (SSSR count). The van der Waals surface area contributed by atoms with Crippen LogP contribution in [0.4, 0.5) is 5.82 Å². The number of nitrogen functional groups attached to an aromatic ring is 1. The van der Waals surface area contributed by atoms with Gasteiger partial charge in [0, 0.05) is 16.8 Å². The molecule has 0 bridgehead atoms. The minimum Gasteiger partial charge on any atom is -0.384 e. The summed E-state index contributed by atoms with van der Waals surface area (Å²) in [6.07, 6.45) is 2.91. The molecule has 0 amide bonds. The smallest absolute Gasteiger partial charge is 0.122 e. The zero-order valence-electron chi connectivity index (χ0n) is 10.8. The Labute approximate surface area is 111 Å². The minimum absolute atomic E-state index is 0.542. The van der Waals surface area contributed by atoms with Crippen molar-refractivity contribution in [1.82, 2.24) is 9.55 Å². The average Bonchev–Trinajstić information content (AvgIpc) is 2.89. The van der Waals surface area contributed by atoms with E-state index in [0.717, 1.165) is 22.7 Å². The summed E-state index contributed by atoms with van der Waals surface area (Å²) in [7, 11) is 0. The van der Waals surface area contributed by atoms with E-state index in [-0.39, 0.29) is 0 Å². The molecule has 94 valence electrons. The molecule has 0 saturated heterocycles. The van der Waals surface area contributed by atoms with Gasteiger partial charge in [-0.3, -0.25) is 0 Å². The molecular formula is C13H16N4S. The van der Waals surface area contributed by atoms with Gasteiger partial charge in [0.1, 0.15) is 16.9 Å². The van der Waals surface area contributed by atoms with Crippen LogP contribution in [0.25, 0.3) is 0 Å². The number of rotatable bonds is 3. The van der Waals surface area contributed by atoms with Gasteiger partial charge in [-0.2, -0.15) is 5.26 Å². The van der Waals surface area contributed by atoms with Gasteiger partial charge in [-0.15, -0.1) is 11.3 Å². The van der Waals surface area contributed by atoms with E-state index < -0.39 is 0 Å². The molecule has 2 aromatic heterocycles. The van der Waals surface area contributed by atoms with E-state index in [2.05, 4.69) is 18.0 Å². The third-order valence-electron chi connectivity index (χ3n) is 3.22. The van der Waals surface area contributed by atoms with Crippen molar-refractivity contribution in [3.63, 3.8) is 0 Å². The summed E-state index contributed by atoms with van der Waals surface area (Å²) >= 11 is 1.70. The van der Waals surface area contributed by atoms with Gasteiger partial charge < -0.3 is 10.3 Å². The molecule has 0 aliphatic rings. The highest BCUT2D eigenvalue weighted by molar-refractivity contribution is 7.11. The minimum atomic E-state index is 0.542. The summed E-state index contributed by atoms with van der Waals surface area (Å²) in [5.41, 5.74) is 8.60. The largest absolute Gasteiger partial charge is 0.384 e. The Morgan fingerprint density at radius 2 is 2.22 bits per heavy atom. The number of nitrogens with two attached hydrogens (primary N) is 1. The van der Waals surface area contributed by atoms with Crippen molar-refractivity contribution < 1.29 is 0 Å². The number of aryl methyl sites for hydroxylation is 1. The van der Waals surface area contributed by atoms with E-state index in [0.29, 0.717) is 17.9 Å². The first kappa shape index (κ1) is 12.7. The molecule has 18 heavy (non-hydrogen) atoms. The van der Waals surface area contributed by atoms with Gasteiger partial charge in [0.2, 0.25) is 0 Å². The lowest BCUT2D eigenvalue weighted by Gasteiger charge is -2.06. The van der Waals surface area contributed by atoms with E-state index in [9.17, 15) is 0 Å². The lowest BCUT2D eigenvalue weighted by molar-refractivity contribution is 0.777. The summed E-state index contributed by atoms with van der Waals surface area (Å²) in [5, 5.41) is 10.1. The highest BCUT2D eigenvalue weighted by Gasteiger charge is 2.16. The SMILES string of the molecule is CCc1cnc(Cn2c(C)c(C)c(C#N)c2N)s1. The molecule has 0 saturated carbocycles. The Morgan fingerprint density at radius 3 is 2.72 bits per heavy atom. The van der Waals surface area contributed by atoms with Crippen LogP contribution in [-0.2, 0) is 13.0 Å². The molecule has 0 radical (unpaired) electrons. The van der Waals surface area contributed by atoms with Crippen molar-refractivity contribution in [3.8, 4) is 6.07 Å². The van der Waals surface area contributed by atoms with Gasteiger partial charge in [-0.25, -0.2) is 4.98 Å². The van der Waals surface area contributed by atoms with Crippen LogP contribution in [-0.4, -0.2) is 9.55 Å². The molecule has 0 aromatic carbocycles. The Hall–Kier alpha value is -1.80. The molecule has 2 aromatic rings. The van der Waals surface area contributed by atoms with Crippen molar-refractivity contribution in [2.75, 3.05) is 5.73 Å². The first-order chi connectivity index (χ1) is 8.58. The second kappa shape index (κ2) is 4.83. The summed E-state index contributed by atoms with van der Waals surface area (Å²) < 4.78 is 1.96. The first-order valence-corrected chi connectivity index (χ1v) is 6.69. The van der Waals surface area contributed by atoms with E-state index in [1.54, 1.807) is 11.3 Å². The lowest BCUT2D eigenvalue weighted by Crippen LogP contribution is -2.06. The Morgan fingerprint density at radius 1 is 1.50 bits per heavy atom. The standard InChI is InChI=1S/C13H16N4S/c1-4-10-6-16-12(18-10)7-17-9(3)8(2)11(5-14)13(17)15/h6H,4,7,15H2,1-3H3. The van der Waals surface area contributed by atoms with Crippen LogP contribution in [0.1, 0.15) is 33.6 Å². The van der Waals surface area contributed by atoms with Crippen molar-refractivity contribution in [3.05, 3.63) is 32.9 Å². The molecule has 5 heteroatoms. The summed E-state index contributed by atoms with van der Waals surface area (Å²) in [6.45, 7) is 6.68. The van der Waals surface area contributed by atoms with Crippen molar-refractivity contribution in [2.45, 2.75) is 33.7 Å². The zero-order chi connectivity index (χ0) is 13.3. The molecule has 0 aliphatic carbocycles. The summed E-state index contributed by atoms with van der Waals surface area (Å²) in [6, 6.07) is 2.16. The van der Waals surface area contributed by atoms with E-state index in [4.69, 9.17) is 11.0 Å². The predicted octanol–water partition coefficient (Wildman–Crippen LogP) is 2.63. The van der Waals surface area contributed by atoms with Gasteiger partial charge >= 0.3 is 0 Å². The number of aromatic nitrogens is 2. The Bertz CT molecular complexity index is 616. The van der Waals surface area contributed by atoms with Crippen LogP contribution in [0.5, 0.6) is 0 Å². The maximum atomic E-state index is 9.09. The topological polar surface area (TPSA) is 67.6 Å².